The quantitative estimate of drug-likeness (QED) is 0.0419. The second-order valence-corrected chi connectivity index (χ2v) is 15.8. The summed E-state index contributed by atoms with van der Waals surface area (Å²) in [4.78, 5) is 14.2. The lowest BCUT2D eigenvalue weighted by molar-refractivity contribution is -0.695. The average Bonchev–Trinajstić information content (AvgIpc) is 3.47. The second kappa shape index (κ2) is 27.4. The van der Waals surface area contributed by atoms with Crippen molar-refractivity contribution in [3.8, 4) is 5.19 Å². The first-order valence-electron chi connectivity index (χ1n) is 18.5. The molecule has 1 rings (SSSR count). The number of aromatic nitrogens is 1. The Hall–Kier alpha value is -1.43. The van der Waals surface area contributed by atoms with Crippen LogP contribution >= 0.6 is 11.3 Å². The Labute approximate surface area is 292 Å². The number of rotatable bonds is 32. The molecule has 1 atom stereocenters. The predicted molar refractivity (Wildman–Crippen MR) is 193 cm³/mol. The molecular formula is C36H69N2O7S2+. The Morgan fingerprint density at radius 3 is 1.85 bits per heavy atom. The van der Waals surface area contributed by atoms with Crippen LogP contribution in [0.15, 0.2) is 11.6 Å². The first-order valence-corrected chi connectivity index (χ1v) is 21.2. The zero-order valence-corrected chi connectivity index (χ0v) is 32.2. The number of methoxy groups -OCH3 is 1. The van der Waals surface area contributed by atoms with Crippen LogP contribution in [0.5, 0.6) is 5.19 Å². The molecule has 0 aliphatic carbocycles. The molecular weight excluding hydrogens is 637 g/mol. The fraction of sp³-hybridized carbons (Fsp3) is 0.889. The third-order valence-electron chi connectivity index (χ3n) is 8.61. The SMILES string of the molecule is CCCCCCCCCCCCCCCCCCN(C)C(=O)OCC(C)(COCCCCCCC[n+]1ccsc1OS(C)(=O)=O)OC. The topological polar surface area (TPSA) is 95.3 Å². The maximum absolute atomic E-state index is 12.5. The maximum Gasteiger partial charge on any atom is 0.446 e. The highest BCUT2D eigenvalue weighted by atomic mass is 32.2. The molecule has 0 spiro atoms. The molecule has 9 nitrogen and oxygen atoms in total. The summed E-state index contributed by atoms with van der Waals surface area (Å²) in [5.74, 6) is 0. The van der Waals surface area contributed by atoms with E-state index in [0.29, 0.717) is 25.0 Å². The lowest BCUT2D eigenvalue weighted by atomic mass is 10.0. The van der Waals surface area contributed by atoms with Gasteiger partial charge in [0.1, 0.15) is 12.2 Å². The standard InChI is InChI=1S/C36H69N2O7S2/c1-6-7-8-9-10-11-12-13-14-15-16-17-18-19-21-24-27-37(3)34(39)44-33-36(2,42-4)32-43-30-26-23-20-22-25-28-38-29-31-46-35(38)45-47(5,40)41/h29,31H,6-28,30,32-33H2,1-5H3/q+1. The fourth-order valence-electron chi connectivity index (χ4n) is 5.43. The number of nitrogens with zero attached hydrogens (tertiary/aromatic N) is 2. The summed E-state index contributed by atoms with van der Waals surface area (Å²) in [5.41, 5.74) is -0.686. The molecule has 0 fully saturated rings. The molecule has 1 heterocycles. The Kier molecular flexibility index (Phi) is 25.4. The highest BCUT2D eigenvalue weighted by Gasteiger charge is 2.27. The van der Waals surface area contributed by atoms with Gasteiger partial charge in [0.2, 0.25) is 0 Å². The molecule has 1 amide bonds. The summed E-state index contributed by atoms with van der Waals surface area (Å²) >= 11 is 1.28. The molecule has 1 aromatic heterocycles. The number of unbranched alkanes of at least 4 members (excludes halogenated alkanes) is 19. The van der Waals surface area contributed by atoms with Crippen molar-refractivity contribution < 1.29 is 36.2 Å². The summed E-state index contributed by atoms with van der Waals surface area (Å²) in [6.07, 6.45) is 29.0. The molecule has 1 unspecified atom stereocenters. The van der Waals surface area contributed by atoms with Crippen LogP contribution in [0.1, 0.15) is 149 Å². The summed E-state index contributed by atoms with van der Waals surface area (Å²) < 4.78 is 46.7. The molecule has 1 aromatic rings. The monoisotopic (exact) mass is 705 g/mol. The number of carbonyl (C=O) groups excluding carboxylic acids is 1. The van der Waals surface area contributed by atoms with E-state index < -0.39 is 15.7 Å². The smallest absolute Gasteiger partial charge is 0.446 e. The van der Waals surface area contributed by atoms with Gasteiger partial charge in [-0.15, -0.1) is 0 Å². The summed E-state index contributed by atoms with van der Waals surface area (Å²) in [6.45, 7) is 6.74. The van der Waals surface area contributed by atoms with Crippen molar-refractivity contribution in [3.05, 3.63) is 11.6 Å². The third kappa shape index (κ3) is 24.4. The fourth-order valence-corrected chi connectivity index (χ4v) is 6.93. The van der Waals surface area contributed by atoms with E-state index in [-0.39, 0.29) is 12.7 Å². The number of hydrogen-bond donors (Lipinski definition) is 0. The van der Waals surface area contributed by atoms with E-state index >= 15 is 0 Å². The van der Waals surface area contributed by atoms with E-state index in [1.165, 1.54) is 101 Å². The molecule has 0 N–H and O–H groups in total. The Bertz CT molecular complexity index is 1010. The summed E-state index contributed by atoms with van der Waals surface area (Å²) in [6, 6.07) is 0. The number of thiazole rings is 1. The van der Waals surface area contributed by atoms with Crippen LogP contribution in [0.2, 0.25) is 0 Å². The molecule has 276 valence electrons. The van der Waals surface area contributed by atoms with Gasteiger partial charge in [0.15, 0.2) is 12.7 Å². The molecule has 0 saturated carbocycles. The van der Waals surface area contributed by atoms with E-state index in [0.717, 1.165) is 57.7 Å². The van der Waals surface area contributed by atoms with Gasteiger partial charge in [0.25, 0.3) is 0 Å². The summed E-state index contributed by atoms with van der Waals surface area (Å²) in [5, 5.41) is 2.22. The predicted octanol–water partition coefficient (Wildman–Crippen LogP) is 9.08. The van der Waals surface area contributed by atoms with E-state index in [2.05, 4.69) is 6.92 Å². The van der Waals surface area contributed by atoms with Crippen molar-refractivity contribution in [2.24, 2.45) is 0 Å². The van der Waals surface area contributed by atoms with Gasteiger partial charge < -0.3 is 23.3 Å². The van der Waals surface area contributed by atoms with Crippen LogP contribution in [0.4, 0.5) is 4.79 Å². The van der Waals surface area contributed by atoms with Crippen molar-refractivity contribution in [3.63, 3.8) is 0 Å². The average molecular weight is 706 g/mol. The zero-order valence-electron chi connectivity index (χ0n) is 30.6. The van der Waals surface area contributed by atoms with Crippen molar-refractivity contribution in [2.75, 3.05) is 46.8 Å². The normalized spacial score (nSPS) is 13.0. The molecule has 0 aliphatic heterocycles. The number of amides is 1. The van der Waals surface area contributed by atoms with E-state index in [1.807, 2.05) is 23.1 Å². The highest BCUT2D eigenvalue weighted by Crippen LogP contribution is 2.17. The van der Waals surface area contributed by atoms with Gasteiger partial charge in [0.05, 0.1) is 18.2 Å². The Morgan fingerprint density at radius 2 is 1.32 bits per heavy atom. The Morgan fingerprint density at radius 1 is 0.809 bits per heavy atom. The lowest BCUT2D eigenvalue weighted by Crippen LogP contribution is -2.41. The number of carbonyl (C=O) groups is 1. The lowest BCUT2D eigenvalue weighted by Gasteiger charge is -2.28. The van der Waals surface area contributed by atoms with Crippen LogP contribution in [-0.4, -0.2) is 71.8 Å². The van der Waals surface area contributed by atoms with Crippen molar-refractivity contribution in [1.82, 2.24) is 4.90 Å². The van der Waals surface area contributed by atoms with Crippen molar-refractivity contribution in [1.29, 1.82) is 0 Å². The van der Waals surface area contributed by atoms with Crippen molar-refractivity contribution in [2.45, 2.75) is 161 Å². The first-order chi connectivity index (χ1) is 22.6. The highest BCUT2D eigenvalue weighted by molar-refractivity contribution is 7.86. The number of hydrogen-bond acceptors (Lipinski definition) is 8. The minimum absolute atomic E-state index is 0.150. The van der Waals surface area contributed by atoms with Crippen LogP contribution in [0.25, 0.3) is 0 Å². The molecule has 11 heteroatoms. The van der Waals surface area contributed by atoms with Gasteiger partial charge in [0, 0.05) is 33.7 Å². The van der Waals surface area contributed by atoms with E-state index in [1.54, 1.807) is 19.1 Å². The molecule has 47 heavy (non-hydrogen) atoms. The van der Waals surface area contributed by atoms with Crippen LogP contribution < -0.4 is 8.75 Å². The van der Waals surface area contributed by atoms with Crippen LogP contribution in [-0.2, 0) is 30.9 Å². The van der Waals surface area contributed by atoms with Gasteiger partial charge in [-0.05, 0) is 37.5 Å². The van der Waals surface area contributed by atoms with Gasteiger partial charge in [-0.1, -0.05) is 116 Å². The van der Waals surface area contributed by atoms with E-state index in [9.17, 15) is 13.2 Å². The van der Waals surface area contributed by atoms with Crippen LogP contribution in [0, 0.1) is 0 Å². The maximum atomic E-state index is 12.5. The number of ether oxygens (including phenoxy) is 3. The van der Waals surface area contributed by atoms with Gasteiger partial charge in [-0.2, -0.15) is 13.0 Å². The van der Waals surface area contributed by atoms with Crippen molar-refractivity contribution >= 4 is 27.5 Å². The Balaban J connectivity index is 2.00. The van der Waals surface area contributed by atoms with Crippen LogP contribution in [0.3, 0.4) is 0 Å². The third-order valence-corrected chi connectivity index (χ3v) is 9.96. The van der Waals surface area contributed by atoms with E-state index in [4.69, 9.17) is 18.4 Å². The molecule has 0 radical (unpaired) electrons. The minimum Gasteiger partial charge on any atom is -0.446 e. The first kappa shape index (κ1) is 43.6. The molecule has 0 saturated heterocycles. The molecule has 0 aromatic carbocycles. The zero-order chi connectivity index (χ0) is 34.6. The van der Waals surface area contributed by atoms with Gasteiger partial charge >= 0.3 is 21.4 Å². The van der Waals surface area contributed by atoms with Gasteiger partial charge in [-0.25, -0.2) is 4.79 Å². The number of aryl methyl sites for hydroxylation is 1. The molecule has 0 aliphatic rings. The summed E-state index contributed by atoms with van der Waals surface area (Å²) in [7, 11) is -0.0936. The second-order valence-electron chi connectivity index (χ2n) is 13.4. The largest absolute Gasteiger partial charge is 0.446 e. The minimum atomic E-state index is -3.52. The molecule has 0 bridgehead atoms. The van der Waals surface area contributed by atoms with Gasteiger partial charge in [-0.3, -0.25) is 0 Å².